The van der Waals surface area contributed by atoms with Gasteiger partial charge in [0, 0.05) is 18.7 Å². The molecule has 0 N–H and O–H groups in total. The molecule has 1 aromatic heterocycles. The van der Waals surface area contributed by atoms with Crippen molar-refractivity contribution >= 4 is 0 Å². The molecule has 0 amide bonds. The highest BCUT2D eigenvalue weighted by molar-refractivity contribution is 5.10. The van der Waals surface area contributed by atoms with E-state index in [0.717, 1.165) is 37.3 Å². The third-order valence-corrected chi connectivity index (χ3v) is 2.66. The molecule has 94 valence electrons. The van der Waals surface area contributed by atoms with E-state index in [1.54, 1.807) is 0 Å². The molecule has 3 nitrogen and oxygen atoms in total. The van der Waals surface area contributed by atoms with Crippen molar-refractivity contribution in [3.05, 3.63) is 29.6 Å². The largest absolute Gasteiger partial charge is 0.286 e. The van der Waals surface area contributed by atoms with E-state index in [1.165, 1.54) is 0 Å². The lowest BCUT2D eigenvalue weighted by molar-refractivity contribution is 0.289. The fraction of sp³-hybridized carbons (Fsp3) is 0.467. The zero-order valence-electron chi connectivity index (χ0n) is 10.9. The van der Waals surface area contributed by atoms with Crippen LogP contribution in [0.25, 0.3) is 0 Å². The molecule has 1 rings (SSSR count). The van der Waals surface area contributed by atoms with Crippen LogP contribution in [0.15, 0.2) is 18.2 Å². The molecule has 0 aliphatic rings. The minimum Gasteiger partial charge on any atom is -0.286 e. The zero-order valence-corrected chi connectivity index (χ0v) is 10.9. The molecule has 0 aliphatic carbocycles. The van der Waals surface area contributed by atoms with Gasteiger partial charge in [0.1, 0.15) is 0 Å². The average molecular weight is 241 g/mol. The lowest BCUT2D eigenvalue weighted by Gasteiger charge is -2.19. The van der Waals surface area contributed by atoms with E-state index < -0.39 is 0 Å². The molecule has 18 heavy (non-hydrogen) atoms. The molecule has 0 aliphatic heterocycles. The molecular formula is C15H19N3. The molecule has 1 heterocycles. The Labute approximate surface area is 109 Å². The third kappa shape index (κ3) is 5.48. The molecule has 0 unspecified atom stereocenters. The average Bonchev–Trinajstić information content (AvgIpc) is 2.35. The lowest BCUT2D eigenvalue weighted by Crippen LogP contribution is -2.25. The number of rotatable bonds is 7. The monoisotopic (exact) mass is 241 g/mol. The molecule has 0 saturated heterocycles. The van der Waals surface area contributed by atoms with E-state index >= 15 is 0 Å². The van der Waals surface area contributed by atoms with Crippen LogP contribution in [0.2, 0.25) is 0 Å². The second-order valence-electron chi connectivity index (χ2n) is 4.30. The van der Waals surface area contributed by atoms with E-state index in [4.69, 9.17) is 11.7 Å². The standard InChI is InChI=1S/C15H19N3/c1-3-11-18(12-6-4-5-10-16)13-15-9-7-8-14(2)17-15/h1,7-9H,4-6,11-13H2,2H3. The molecule has 0 fully saturated rings. The van der Waals surface area contributed by atoms with Crippen molar-refractivity contribution in [3.8, 4) is 18.4 Å². The van der Waals surface area contributed by atoms with Crippen molar-refractivity contribution in [2.45, 2.75) is 32.7 Å². The molecule has 0 radical (unpaired) electrons. The highest BCUT2D eigenvalue weighted by Gasteiger charge is 2.05. The van der Waals surface area contributed by atoms with Gasteiger partial charge in [-0.25, -0.2) is 0 Å². The first-order chi connectivity index (χ1) is 8.76. The Morgan fingerprint density at radius 1 is 1.39 bits per heavy atom. The molecule has 3 heteroatoms. The first-order valence-corrected chi connectivity index (χ1v) is 6.21. The van der Waals surface area contributed by atoms with Crippen LogP contribution in [0.3, 0.4) is 0 Å². The summed E-state index contributed by atoms with van der Waals surface area (Å²) >= 11 is 0. The molecule has 0 saturated carbocycles. The normalized spacial score (nSPS) is 10.0. The number of hydrogen-bond donors (Lipinski definition) is 0. The number of nitriles is 1. The molecule has 0 aromatic carbocycles. The summed E-state index contributed by atoms with van der Waals surface area (Å²) in [4.78, 5) is 6.67. The Morgan fingerprint density at radius 3 is 2.89 bits per heavy atom. The maximum atomic E-state index is 8.49. The van der Waals surface area contributed by atoms with Gasteiger partial charge < -0.3 is 0 Å². The Balaban J connectivity index is 2.47. The highest BCUT2D eigenvalue weighted by Crippen LogP contribution is 2.05. The van der Waals surface area contributed by atoms with E-state index in [2.05, 4.69) is 21.9 Å². The summed E-state index contributed by atoms with van der Waals surface area (Å²) in [6.45, 7) is 4.31. The van der Waals surface area contributed by atoms with Gasteiger partial charge in [-0.1, -0.05) is 12.0 Å². The SMILES string of the molecule is C#CCN(CCCCC#N)Cc1cccc(C)n1. The second kappa shape index (κ2) is 8.28. The molecule has 0 atom stereocenters. The Bertz CT molecular complexity index is 440. The number of aryl methyl sites for hydroxylation is 1. The Hall–Kier alpha value is -1.84. The fourth-order valence-corrected chi connectivity index (χ4v) is 1.80. The molecule has 1 aromatic rings. The molecular weight excluding hydrogens is 222 g/mol. The van der Waals surface area contributed by atoms with Gasteiger partial charge in [-0.2, -0.15) is 5.26 Å². The van der Waals surface area contributed by atoms with Gasteiger partial charge in [0.25, 0.3) is 0 Å². The number of unbranched alkanes of at least 4 members (excludes halogenated alkanes) is 2. The Morgan fingerprint density at radius 2 is 2.22 bits per heavy atom. The predicted molar refractivity (Wildman–Crippen MR) is 72.5 cm³/mol. The van der Waals surface area contributed by atoms with Crippen molar-refractivity contribution in [3.63, 3.8) is 0 Å². The van der Waals surface area contributed by atoms with Gasteiger partial charge in [-0.05, 0) is 38.4 Å². The predicted octanol–water partition coefficient (Wildman–Crippen LogP) is 2.52. The molecule has 0 bridgehead atoms. The summed E-state index contributed by atoms with van der Waals surface area (Å²) in [6.07, 6.45) is 7.93. The highest BCUT2D eigenvalue weighted by atomic mass is 15.1. The van der Waals surface area contributed by atoms with E-state index in [-0.39, 0.29) is 0 Å². The number of terminal acetylenes is 1. The maximum Gasteiger partial charge on any atom is 0.0621 e. The smallest absolute Gasteiger partial charge is 0.0621 e. The van der Waals surface area contributed by atoms with Gasteiger partial charge >= 0.3 is 0 Å². The summed E-state index contributed by atoms with van der Waals surface area (Å²) in [5.74, 6) is 2.68. The number of aromatic nitrogens is 1. The van der Waals surface area contributed by atoms with Crippen LogP contribution in [-0.2, 0) is 6.54 Å². The van der Waals surface area contributed by atoms with Crippen molar-refractivity contribution < 1.29 is 0 Å². The summed E-state index contributed by atoms with van der Waals surface area (Å²) in [5.41, 5.74) is 2.07. The van der Waals surface area contributed by atoms with Crippen molar-refractivity contribution in [1.29, 1.82) is 5.26 Å². The van der Waals surface area contributed by atoms with Gasteiger partial charge in [0.05, 0.1) is 18.3 Å². The third-order valence-electron chi connectivity index (χ3n) is 2.66. The summed E-state index contributed by atoms with van der Waals surface area (Å²) in [5, 5.41) is 8.49. The van der Waals surface area contributed by atoms with Gasteiger partial charge in [0.2, 0.25) is 0 Å². The summed E-state index contributed by atoms with van der Waals surface area (Å²) < 4.78 is 0. The number of hydrogen-bond acceptors (Lipinski definition) is 3. The van der Waals surface area contributed by atoms with Crippen LogP contribution in [0.5, 0.6) is 0 Å². The van der Waals surface area contributed by atoms with Crippen LogP contribution in [0, 0.1) is 30.6 Å². The zero-order chi connectivity index (χ0) is 13.2. The van der Waals surface area contributed by atoms with Gasteiger partial charge in [-0.15, -0.1) is 6.42 Å². The summed E-state index contributed by atoms with van der Waals surface area (Å²) in [6, 6.07) is 8.18. The number of nitrogens with zero attached hydrogens (tertiary/aromatic N) is 3. The van der Waals surface area contributed by atoms with Crippen LogP contribution >= 0.6 is 0 Å². The van der Waals surface area contributed by atoms with E-state index in [1.807, 2.05) is 25.1 Å². The minimum absolute atomic E-state index is 0.618. The van der Waals surface area contributed by atoms with Crippen LogP contribution in [0.1, 0.15) is 30.7 Å². The lowest BCUT2D eigenvalue weighted by atomic mass is 10.2. The van der Waals surface area contributed by atoms with Crippen LogP contribution < -0.4 is 0 Å². The van der Waals surface area contributed by atoms with Gasteiger partial charge in [-0.3, -0.25) is 9.88 Å². The van der Waals surface area contributed by atoms with Gasteiger partial charge in [0.15, 0.2) is 0 Å². The van der Waals surface area contributed by atoms with Crippen molar-refractivity contribution in [2.75, 3.05) is 13.1 Å². The Kier molecular flexibility index (Phi) is 6.54. The fourth-order valence-electron chi connectivity index (χ4n) is 1.80. The number of pyridine rings is 1. The van der Waals surface area contributed by atoms with E-state index in [0.29, 0.717) is 13.0 Å². The van der Waals surface area contributed by atoms with Crippen molar-refractivity contribution in [2.24, 2.45) is 0 Å². The topological polar surface area (TPSA) is 39.9 Å². The van der Waals surface area contributed by atoms with Crippen molar-refractivity contribution in [1.82, 2.24) is 9.88 Å². The minimum atomic E-state index is 0.618. The quantitative estimate of drug-likeness (QED) is 0.544. The van der Waals surface area contributed by atoms with E-state index in [9.17, 15) is 0 Å². The maximum absolute atomic E-state index is 8.49. The van der Waals surface area contributed by atoms with Crippen LogP contribution in [-0.4, -0.2) is 23.0 Å². The molecule has 0 spiro atoms. The first-order valence-electron chi connectivity index (χ1n) is 6.21. The van der Waals surface area contributed by atoms with Crippen LogP contribution in [0.4, 0.5) is 0 Å². The second-order valence-corrected chi connectivity index (χ2v) is 4.30. The first kappa shape index (κ1) is 14.2. The summed E-state index contributed by atoms with van der Waals surface area (Å²) in [7, 11) is 0.